The zero-order valence-electron chi connectivity index (χ0n) is 7.07. The highest BCUT2D eigenvalue weighted by Gasteiger charge is 2.06. The van der Waals surface area contributed by atoms with E-state index in [0.717, 1.165) is 17.0 Å². The van der Waals surface area contributed by atoms with Gasteiger partial charge in [0.15, 0.2) is 0 Å². The Bertz CT molecular complexity index is 372. The van der Waals surface area contributed by atoms with E-state index in [9.17, 15) is 0 Å². The highest BCUT2D eigenvalue weighted by Crippen LogP contribution is 2.17. The lowest BCUT2D eigenvalue weighted by Gasteiger charge is -1.90. The first-order valence-corrected chi connectivity index (χ1v) is 3.76. The second kappa shape index (κ2) is 2.48. The summed E-state index contributed by atoms with van der Waals surface area (Å²) in [5, 5.41) is 4.30. The van der Waals surface area contributed by atoms with E-state index in [1.807, 2.05) is 20.2 Å². The van der Waals surface area contributed by atoms with Crippen LogP contribution in [0.5, 0.6) is 0 Å². The molecule has 0 radical (unpaired) electrons. The molecule has 0 unspecified atom stereocenters. The van der Waals surface area contributed by atoms with Gasteiger partial charge in [-0.05, 0) is 12.5 Å². The average molecular weight is 162 g/mol. The van der Waals surface area contributed by atoms with Crippen LogP contribution in [0.3, 0.4) is 0 Å². The number of aromatic nitrogens is 4. The summed E-state index contributed by atoms with van der Waals surface area (Å²) in [6, 6.07) is 0. The molecule has 0 bridgehead atoms. The number of nitrogens with one attached hydrogen (secondary N) is 1. The normalized spacial score (nSPS) is 10.5. The van der Waals surface area contributed by atoms with Crippen molar-refractivity contribution in [3.05, 3.63) is 24.3 Å². The molecule has 0 saturated carbocycles. The van der Waals surface area contributed by atoms with Gasteiger partial charge in [0.2, 0.25) is 0 Å². The van der Waals surface area contributed by atoms with Crippen LogP contribution in [-0.4, -0.2) is 19.7 Å². The summed E-state index contributed by atoms with van der Waals surface area (Å²) in [6.07, 6.45) is 5.41. The number of hydrogen-bond acceptors (Lipinski definition) is 2. The van der Waals surface area contributed by atoms with E-state index < -0.39 is 0 Å². The number of H-pyrrole nitrogens is 1. The molecule has 0 spiro atoms. The van der Waals surface area contributed by atoms with Crippen molar-refractivity contribution in [3.8, 4) is 11.4 Å². The minimum atomic E-state index is 0.966. The lowest BCUT2D eigenvalue weighted by atomic mass is 10.2. The van der Waals surface area contributed by atoms with Gasteiger partial charge < -0.3 is 4.98 Å². The van der Waals surface area contributed by atoms with Gasteiger partial charge in [0, 0.05) is 13.2 Å². The van der Waals surface area contributed by atoms with Crippen molar-refractivity contribution in [1.29, 1.82) is 0 Å². The molecule has 0 saturated heterocycles. The van der Waals surface area contributed by atoms with E-state index in [2.05, 4.69) is 15.1 Å². The van der Waals surface area contributed by atoms with Crippen LogP contribution in [0, 0.1) is 6.92 Å². The minimum Gasteiger partial charge on any atom is -0.343 e. The summed E-state index contributed by atoms with van der Waals surface area (Å²) in [4.78, 5) is 6.96. The first kappa shape index (κ1) is 7.09. The first-order chi connectivity index (χ1) is 5.77. The van der Waals surface area contributed by atoms with Gasteiger partial charge in [-0.3, -0.25) is 4.68 Å². The van der Waals surface area contributed by atoms with Crippen LogP contribution in [0.15, 0.2) is 18.7 Å². The lowest BCUT2D eigenvalue weighted by molar-refractivity contribution is 0.769. The maximum atomic E-state index is 4.30. The molecule has 0 atom stereocenters. The Morgan fingerprint density at radius 3 is 2.83 bits per heavy atom. The lowest BCUT2D eigenvalue weighted by Crippen LogP contribution is -1.87. The van der Waals surface area contributed by atoms with Gasteiger partial charge in [-0.1, -0.05) is 0 Å². The molecular weight excluding hydrogens is 152 g/mol. The largest absolute Gasteiger partial charge is 0.343 e. The Labute approximate surface area is 70.3 Å². The van der Waals surface area contributed by atoms with E-state index in [1.54, 1.807) is 17.2 Å². The molecule has 0 aliphatic carbocycles. The average Bonchev–Trinajstić information content (AvgIpc) is 2.58. The maximum absolute atomic E-state index is 4.30. The molecule has 4 nitrogen and oxygen atoms in total. The molecule has 62 valence electrons. The molecule has 0 aliphatic heterocycles. The SMILES string of the molecule is Cc1cn(C)nc1-c1cnc[nH]1. The number of rotatable bonds is 1. The fraction of sp³-hybridized carbons (Fsp3) is 0.250. The van der Waals surface area contributed by atoms with Gasteiger partial charge in [0.25, 0.3) is 0 Å². The van der Waals surface area contributed by atoms with Crippen LogP contribution >= 0.6 is 0 Å². The summed E-state index contributed by atoms with van der Waals surface area (Å²) in [5.41, 5.74) is 3.09. The molecule has 2 rings (SSSR count). The Balaban J connectivity index is 2.54. The summed E-state index contributed by atoms with van der Waals surface area (Å²) in [5.74, 6) is 0. The first-order valence-electron chi connectivity index (χ1n) is 3.76. The third kappa shape index (κ3) is 1.01. The van der Waals surface area contributed by atoms with E-state index in [0.29, 0.717) is 0 Å². The number of nitrogens with zero attached hydrogens (tertiary/aromatic N) is 3. The zero-order chi connectivity index (χ0) is 8.55. The Morgan fingerprint density at radius 2 is 2.33 bits per heavy atom. The third-order valence-electron chi connectivity index (χ3n) is 1.77. The van der Waals surface area contributed by atoms with Gasteiger partial charge in [-0.25, -0.2) is 4.98 Å². The van der Waals surface area contributed by atoms with Crippen molar-refractivity contribution in [3.63, 3.8) is 0 Å². The summed E-state index contributed by atoms with van der Waals surface area (Å²) in [6.45, 7) is 2.03. The number of imidazole rings is 1. The van der Waals surface area contributed by atoms with Crippen molar-refractivity contribution >= 4 is 0 Å². The standard InChI is InChI=1S/C8H10N4/c1-6-4-12(2)11-8(6)7-3-9-5-10-7/h3-5H,1-2H3,(H,9,10). The molecule has 0 amide bonds. The molecule has 2 heterocycles. The van der Waals surface area contributed by atoms with E-state index in [-0.39, 0.29) is 0 Å². The summed E-state index contributed by atoms with van der Waals surface area (Å²) < 4.78 is 1.80. The zero-order valence-corrected chi connectivity index (χ0v) is 7.07. The second-order valence-electron chi connectivity index (χ2n) is 2.80. The van der Waals surface area contributed by atoms with Gasteiger partial charge in [-0.15, -0.1) is 0 Å². The van der Waals surface area contributed by atoms with Crippen LogP contribution in [0.25, 0.3) is 11.4 Å². The molecule has 0 aromatic carbocycles. The Kier molecular flexibility index (Phi) is 1.46. The molecule has 0 fully saturated rings. The van der Waals surface area contributed by atoms with E-state index in [1.165, 1.54) is 0 Å². The van der Waals surface area contributed by atoms with Crippen LogP contribution in [0.4, 0.5) is 0 Å². The van der Waals surface area contributed by atoms with Crippen molar-refractivity contribution < 1.29 is 0 Å². The minimum absolute atomic E-state index is 0.966. The van der Waals surface area contributed by atoms with Crippen LogP contribution < -0.4 is 0 Å². The maximum Gasteiger partial charge on any atom is 0.113 e. The predicted octanol–water partition coefficient (Wildman–Crippen LogP) is 1.12. The monoisotopic (exact) mass is 162 g/mol. The molecule has 2 aromatic rings. The molecule has 1 N–H and O–H groups in total. The van der Waals surface area contributed by atoms with Crippen molar-refractivity contribution in [2.24, 2.45) is 7.05 Å². The van der Waals surface area contributed by atoms with Gasteiger partial charge in [0.05, 0.1) is 18.2 Å². The van der Waals surface area contributed by atoms with Crippen molar-refractivity contribution in [1.82, 2.24) is 19.7 Å². The number of hydrogen-bond donors (Lipinski definition) is 1. The highest BCUT2D eigenvalue weighted by molar-refractivity contribution is 5.56. The van der Waals surface area contributed by atoms with Gasteiger partial charge in [-0.2, -0.15) is 5.10 Å². The van der Waals surface area contributed by atoms with Crippen molar-refractivity contribution in [2.75, 3.05) is 0 Å². The van der Waals surface area contributed by atoms with Gasteiger partial charge >= 0.3 is 0 Å². The molecule has 4 heteroatoms. The van der Waals surface area contributed by atoms with Crippen LogP contribution in [-0.2, 0) is 7.05 Å². The van der Waals surface area contributed by atoms with E-state index in [4.69, 9.17) is 0 Å². The number of aryl methyl sites for hydroxylation is 2. The number of aromatic amines is 1. The molecule has 2 aromatic heterocycles. The smallest absolute Gasteiger partial charge is 0.113 e. The predicted molar refractivity (Wildman–Crippen MR) is 45.5 cm³/mol. The summed E-state index contributed by atoms with van der Waals surface area (Å²) in [7, 11) is 1.91. The van der Waals surface area contributed by atoms with Crippen LogP contribution in [0.2, 0.25) is 0 Å². The van der Waals surface area contributed by atoms with E-state index >= 15 is 0 Å². The highest BCUT2D eigenvalue weighted by atomic mass is 15.3. The quantitative estimate of drug-likeness (QED) is 0.683. The molecular formula is C8H10N4. The topological polar surface area (TPSA) is 46.5 Å². The third-order valence-corrected chi connectivity index (χ3v) is 1.77. The Morgan fingerprint density at radius 1 is 1.50 bits per heavy atom. The molecule has 0 aliphatic rings. The second-order valence-corrected chi connectivity index (χ2v) is 2.80. The van der Waals surface area contributed by atoms with Gasteiger partial charge in [0.1, 0.15) is 5.69 Å². The summed E-state index contributed by atoms with van der Waals surface area (Å²) >= 11 is 0. The van der Waals surface area contributed by atoms with Crippen molar-refractivity contribution in [2.45, 2.75) is 6.92 Å². The fourth-order valence-corrected chi connectivity index (χ4v) is 1.26. The molecule has 12 heavy (non-hydrogen) atoms. The Hall–Kier alpha value is -1.58. The van der Waals surface area contributed by atoms with Crippen LogP contribution in [0.1, 0.15) is 5.56 Å². The fourth-order valence-electron chi connectivity index (χ4n) is 1.26.